The molecule has 3 nitrogen and oxygen atoms in total. The van der Waals surface area contributed by atoms with Gasteiger partial charge >= 0.3 is 5.97 Å². The van der Waals surface area contributed by atoms with Crippen molar-refractivity contribution in [1.82, 2.24) is 0 Å². The Bertz CT molecular complexity index is 413. The van der Waals surface area contributed by atoms with Gasteiger partial charge in [-0.3, -0.25) is 9.59 Å². The van der Waals surface area contributed by atoms with Crippen LogP contribution in [-0.2, 0) is 14.3 Å². The Hall–Kier alpha value is -1.12. The molecule has 0 saturated heterocycles. The zero-order valence-corrected chi connectivity index (χ0v) is 15.9. The number of hydrogen-bond acceptors (Lipinski definition) is 3. The van der Waals surface area contributed by atoms with Crippen LogP contribution in [-0.4, -0.2) is 17.4 Å². The molecule has 0 heterocycles. The van der Waals surface area contributed by atoms with Gasteiger partial charge in [-0.15, -0.1) is 0 Å². The Kier molecular flexibility index (Phi) is 9.97. The molecule has 0 aliphatic heterocycles. The van der Waals surface area contributed by atoms with Gasteiger partial charge in [0, 0.05) is 19.3 Å². The number of allylic oxidation sites excluding steroid dienone is 1. The molecular formula is C21H36O3. The summed E-state index contributed by atoms with van der Waals surface area (Å²) in [7, 11) is 0. The maximum atomic E-state index is 12.2. The molecule has 0 aromatic heterocycles. The summed E-state index contributed by atoms with van der Waals surface area (Å²) in [6.07, 6.45) is 15.5. The van der Waals surface area contributed by atoms with Crippen molar-refractivity contribution in [2.75, 3.05) is 0 Å². The number of carbonyl (C=O) groups excluding carboxylic acids is 2. The van der Waals surface area contributed by atoms with Crippen molar-refractivity contribution in [2.45, 2.75) is 103 Å². The average Bonchev–Trinajstić information content (AvgIpc) is 2.96. The van der Waals surface area contributed by atoms with E-state index >= 15 is 0 Å². The SMILES string of the molecule is CCCCCCC(=O)O[C@](C)(C=CC1CCC(=O)C1)CCCCC. The number of carbonyl (C=O) groups is 2. The highest BCUT2D eigenvalue weighted by atomic mass is 16.6. The molecule has 0 radical (unpaired) electrons. The van der Waals surface area contributed by atoms with E-state index in [9.17, 15) is 9.59 Å². The fraction of sp³-hybridized carbons (Fsp3) is 0.810. The van der Waals surface area contributed by atoms with Crippen LogP contribution in [0.15, 0.2) is 12.2 Å². The third kappa shape index (κ3) is 8.65. The summed E-state index contributed by atoms with van der Waals surface area (Å²) >= 11 is 0. The molecule has 1 rings (SSSR count). The molecule has 1 aliphatic rings. The number of ketones is 1. The second-order valence-corrected chi connectivity index (χ2v) is 7.46. The number of rotatable bonds is 12. The summed E-state index contributed by atoms with van der Waals surface area (Å²) in [4.78, 5) is 23.6. The molecular weight excluding hydrogens is 300 g/mol. The minimum absolute atomic E-state index is 0.0859. The molecule has 1 unspecified atom stereocenters. The highest BCUT2D eigenvalue weighted by Gasteiger charge is 2.27. The third-order valence-corrected chi connectivity index (χ3v) is 4.86. The fourth-order valence-electron chi connectivity index (χ4n) is 3.25. The topological polar surface area (TPSA) is 43.4 Å². The Morgan fingerprint density at radius 2 is 1.88 bits per heavy atom. The lowest BCUT2D eigenvalue weighted by Gasteiger charge is -2.27. The molecule has 0 amide bonds. The van der Waals surface area contributed by atoms with Crippen LogP contribution in [0, 0.1) is 5.92 Å². The first-order valence-electron chi connectivity index (χ1n) is 9.92. The highest BCUT2D eigenvalue weighted by molar-refractivity contribution is 5.80. The molecule has 24 heavy (non-hydrogen) atoms. The molecule has 0 bridgehead atoms. The van der Waals surface area contributed by atoms with E-state index in [2.05, 4.69) is 26.0 Å². The Labute approximate surface area is 148 Å². The number of esters is 1. The first-order chi connectivity index (χ1) is 11.5. The van der Waals surface area contributed by atoms with Crippen LogP contribution in [0.2, 0.25) is 0 Å². The number of Topliss-reactive ketones (excluding diaryl/α,β-unsaturated/α-hetero) is 1. The van der Waals surface area contributed by atoms with Gasteiger partial charge in [-0.1, -0.05) is 52.0 Å². The van der Waals surface area contributed by atoms with E-state index < -0.39 is 5.60 Å². The van der Waals surface area contributed by atoms with Gasteiger partial charge in [0.1, 0.15) is 11.4 Å². The molecule has 1 fully saturated rings. The summed E-state index contributed by atoms with van der Waals surface area (Å²) in [6, 6.07) is 0. The predicted molar refractivity (Wildman–Crippen MR) is 98.9 cm³/mol. The van der Waals surface area contributed by atoms with Crippen LogP contribution in [0.4, 0.5) is 0 Å². The van der Waals surface area contributed by atoms with Gasteiger partial charge in [0.15, 0.2) is 0 Å². The van der Waals surface area contributed by atoms with Gasteiger partial charge in [0.05, 0.1) is 0 Å². The lowest BCUT2D eigenvalue weighted by Crippen LogP contribution is -2.29. The normalized spacial score (nSPS) is 20.5. The van der Waals surface area contributed by atoms with Crippen molar-refractivity contribution >= 4 is 11.8 Å². The second-order valence-electron chi connectivity index (χ2n) is 7.46. The number of unbranched alkanes of at least 4 members (excludes halogenated alkanes) is 5. The van der Waals surface area contributed by atoms with Crippen molar-refractivity contribution in [3.63, 3.8) is 0 Å². The summed E-state index contributed by atoms with van der Waals surface area (Å²) in [5.41, 5.74) is -0.525. The quantitative estimate of drug-likeness (QED) is 0.258. The zero-order chi connectivity index (χ0) is 17.8. The molecule has 1 saturated carbocycles. The second kappa shape index (κ2) is 11.4. The summed E-state index contributed by atoms with van der Waals surface area (Å²) < 4.78 is 5.84. The van der Waals surface area contributed by atoms with Gasteiger partial charge < -0.3 is 4.74 Å². The summed E-state index contributed by atoms with van der Waals surface area (Å²) in [5, 5.41) is 0. The molecule has 0 aromatic carbocycles. The van der Waals surface area contributed by atoms with E-state index in [1.165, 1.54) is 12.8 Å². The van der Waals surface area contributed by atoms with E-state index in [-0.39, 0.29) is 5.97 Å². The van der Waals surface area contributed by atoms with Crippen LogP contribution in [0.25, 0.3) is 0 Å². The zero-order valence-electron chi connectivity index (χ0n) is 15.9. The number of ether oxygens (including phenoxy) is 1. The standard InChI is InChI=1S/C21H36O3/c1-4-6-8-9-11-20(23)24-21(3,15-10-7-5-2)16-14-18-12-13-19(22)17-18/h14,16,18H,4-13,15,17H2,1-3H3/t18?,21-/m0/s1. The third-order valence-electron chi connectivity index (χ3n) is 4.86. The minimum atomic E-state index is -0.525. The average molecular weight is 337 g/mol. The van der Waals surface area contributed by atoms with Crippen molar-refractivity contribution in [2.24, 2.45) is 5.92 Å². The summed E-state index contributed by atoms with van der Waals surface area (Å²) in [6.45, 7) is 6.36. The van der Waals surface area contributed by atoms with Crippen LogP contribution in [0.3, 0.4) is 0 Å². The first kappa shape index (κ1) is 20.9. The van der Waals surface area contributed by atoms with E-state index in [4.69, 9.17) is 4.74 Å². The molecule has 0 N–H and O–H groups in total. The van der Waals surface area contributed by atoms with Gasteiger partial charge in [0.2, 0.25) is 0 Å². The molecule has 2 atom stereocenters. The van der Waals surface area contributed by atoms with Gasteiger partial charge in [-0.05, 0) is 44.6 Å². The molecule has 138 valence electrons. The molecule has 3 heteroatoms. The molecule has 0 spiro atoms. The highest BCUT2D eigenvalue weighted by Crippen LogP contribution is 2.27. The largest absolute Gasteiger partial charge is 0.455 e. The Morgan fingerprint density at radius 1 is 1.17 bits per heavy atom. The van der Waals surface area contributed by atoms with Gasteiger partial charge in [-0.2, -0.15) is 0 Å². The van der Waals surface area contributed by atoms with Crippen LogP contribution in [0.5, 0.6) is 0 Å². The fourth-order valence-corrected chi connectivity index (χ4v) is 3.25. The smallest absolute Gasteiger partial charge is 0.306 e. The van der Waals surface area contributed by atoms with Gasteiger partial charge in [-0.25, -0.2) is 0 Å². The lowest BCUT2D eigenvalue weighted by atomic mass is 9.95. The van der Waals surface area contributed by atoms with Gasteiger partial charge in [0.25, 0.3) is 0 Å². The van der Waals surface area contributed by atoms with Crippen molar-refractivity contribution in [1.29, 1.82) is 0 Å². The van der Waals surface area contributed by atoms with Crippen LogP contribution >= 0.6 is 0 Å². The van der Waals surface area contributed by atoms with E-state index in [1.54, 1.807) is 0 Å². The maximum Gasteiger partial charge on any atom is 0.306 e. The lowest BCUT2D eigenvalue weighted by molar-refractivity contribution is -0.154. The minimum Gasteiger partial charge on any atom is -0.455 e. The monoisotopic (exact) mass is 336 g/mol. The Morgan fingerprint density at radius 3 is 2.50 bits per heavy atom. The van der Waals surface area contributed by atoms with Crippen molar-refractivity contribution < 1.29 is 14.3 Å². The number of hydrogen-bond donors (Lipinski definition) is 0. The van der Waals surface area contributed by atoms with E-state index in [0.717, 1.165) is 44.9 Å². The Balaban J connectivity index is 2.54. The van der Waals surface area contributed by atoms with Crippen LogP contribution in [0.1, 0.15) is 97.8 Å². The predicted octanol–water partition coefficient (Wildman–Crippen LogP) is 5.76. The first-order valence-corrected chi connectivity index (χ1v) is 9.92. The maximum absolute atomic E-state index is 12.2. The van der Waals surface area contributed by atoms with Crippen LogP contribution < -0.4 is 0 Å². The van der Waals surface area contributed by atoms with Crippen molar-refractivity contribution in [3.8, 4) is 0 Å². The van der Waals surface area contributed by atoms with E-state index in [1.807, 2.05) is 6.92 Å². The summed E-state index contributed by atoms with van der Waals surface area (Å²) in [5.74, 6) is 0.591. The molecule has 1 aliphatic carbocycles. The van der Waals surface area contributed by atoms with Crippen molar-refractivity contribution in [3.05, 3.63) is 12.2 Å². The molecule has 0 aromatic rings. The van der Waals surface area contributed by atoms with E-state index in [0.29, 0.717) is 31.0 Å².